The van der Waals surface area contributed by atoms with Crippen LogP contribution in [0.5, 0.6) is 0 Å². The number of nitrogens with zero attached hydrogens (tertiary/aromatic N) is 5. The van der Waals surface area contributed by atoms with E-state index >= 15 is 0 Å². The average molecular weight is 291 g/mol. The second kappa shape index (κ2) is 5.95. The molecule has 0 atom stereocenters. The standard InChI is InChI=1S/C14H21N5O2/c1-10(2)11-8-12(18(3)16-11)14-15-13(17-21-14)9-19-4-6-20-7-5-19/h8,10H,4-7,9H2,1-3H3. The van der Waals surface area contributed by atoms with Crippen LogP contribution in [0.4, 0.5) is 0 Å². The molecule has 0 saturated carbocycles. The van der Waals surface area contributed by atoms with Crippen molar-refractivity contribution in [2.75, 3.05) is 26.3 Å². The molecule has 7 nitrogen and oxygen atoms in total. The predicted octanol–water partition coefficient (Wildman–Crippen LogP) is 1.43. The molecule has 114 valence electrons. The Labute approximate surface area is 123 Å². The predicted molar refractivity (Wildman–Crippen MR) is 76.7 cm³/mol. The molecule has 3 heterocycles. The van der Waals surface area contributed by atoms with Crippen molar-refractivity contribution in [3.63, 3.8) is 0 Å². The Morgan fingerprint density at radius 3 is 2.71 bits per heavy atom. The fourth-order valence-corrected chi connectivity index (χ4v) is 2.35. The van der Waals surface area contributed by atoms with Crippen molar-refractivity contribution < 1.29 is 9.26 Å². The Bertz CT molecular complexity index is 598. The number of rotatable bonds is 4. The van der Waals surface area contributed by atoms with Gasteiger partial charge >= 0.3 is 0 Å². The lowest BCUT2D eigenvalue weighted by molar-refractivity contribution is 0.0327. The van der Waals surface area contributed by atoms with Crippen LogP contribution in [-0.2, 0) is 18.3 Å². The molecule has 1 fully saturated rings. The molecule has 0 amide bonds. The summed E-state index contributed by atoms with van der Waals surface area (Å²) < 4.78 is 12.5. The highest BCUT2D eigenvalue weighted by molar-refractivity contribution is 5.48. The maximum absolute atomic E-state index is 5.39. The zero-order chi connectivity index (χ0) is 14.8. The summed E-state index contributed by atoms with van der Waals surface area (Å²) >= 11 is 0. The fourth-order valence-electron chi connectivity index (χ4n) is 2.35. The molecule has 7 heteroatoms. The summed E-state index contributed by atoms with van der Waals surface area (Å²) in [4.78, 5) is 6.75. The summed E-state index contributed by atoms with van der Waals surface area (Å²) in [7, 11) is 1.90. The van der Waals surface area contributed by atoms with Gasteiger partial charge in [-0.1, -0.05) is 19.0 Å². The highest BCUT2D eigenvalue weighted by Crippen LogP contribution is 2.22. The van der Waals surface area contributed by atoms with Crippen LogP contribution in [0.2, 0.25) is 0 Å². The number of ether oxygens (including phenoxy) is 1. The first-order chi connectivity index (χ1) is 10.1. The van der Waals surface area contributed by atoms with Crippen molar-refractivity contribution >= 4 is 0 Å². The van der Waals surface area contributed by atoms with E-state index in [0.29, 0.717) is 24.2 Å². The molecule has 3 rings (SSSR count). The third-order valence-electron chi connectivity index (χ3n) is 3.65. The minimum Gasteiger partial charge on any atom is -0.379 e. The normalized spacial score (nSPS) is 16.8. The van der Waals surface area contributed by atoms with Crippen LogP contribution in [0.3, 0.4) is 0 Å². The molecular weight excluding hydrogens is 270 g/mol. The average Bonchev–Trinajstić information content (AvgIpc) is 3.06. The first kappa shape index (κ1) is 14.2. The van der Waals surface area contributed by atoms with Crippen molar-refractivity contribution in [3.8, 4) is 11.6 Å². The SMILES string of the molecule is CC(C)c1cc(-c2nc(CN3CCOCC3)no2)n(C)n1. The third-order valence-corrected chi connectivity index (χ3v) is 3.65. The summed E-state index contributed by atoms with van der Waals surface area (Å²) in [6, 6.07) is 2.01. The van der Waals surface area contributed by atoms with Gasteiger partial charge in [-0.3, -0.25) is 9.58 Å². The largest absolute Gasteiger partial charge is 0.379 e. The Balaban J connectivity index is 1.75. The molecule has 0 aromatic carbocycles. The van der Waals surface area contributed by atoms with Gasteiger partial charge in [0.25, 0.3) is 5.89 Å². The molecule has 0 spiro atoms. The van der Waals surface area contributed by atoms with E-state index in [1.165, 1.54) is 0 Å². The van der Waals surface area contributed by atoms with E-state index in [-0.39, 0.29) is 0 Å². The lowest BCUT2D eigenvalue weighted by Gasteiger charge is -2.24. The second-order valence-corrected chi connectivity index (χ2v) is 5.64. The van der Waals surface area contributed by atoms with Gasteiger partial charge in [-0.15, -0.1) is 0 Å². The van der Waals surface area contributed by atoms with Crippen molar-refractivity contribution in [1.29, 1.82) is 0 Å². The molecule has 2 aromatic rings. The summed E-state index contributed by atoms with van der Waals surface area (Å²) in [6.07, 6.45) is 0. The van der Waals surface area contributed by atoms with Gasteiger partial charge in [0.2, 0.25) is 0 Å². The van der Waals surface area contributed by atoms with Gasteiger partial charge in [0, 0.05) is 20.1 Å². The summed E-state index contributed by atoms with van der Waals surface area (Å²) in [5, 5.41) is 8.55. The minimum absolute atomic E-state index is 0.376. The van der Waals surface area contributed by atoms with Crippen LogP contribution in [0, 0.1) is 0 Å². The summed E-state index contributed by atoms with van der Waals surface area (Å²) in [6.45, 7) is 8.28. The monoisotopic (exact) mass is 291 g/mol. The van der Waals surface area contributed by atoms with Crippen LogP contribution in [-0.4, -0.2) is 51.1 Å². The first-order valence-electron chi connectivity index (χ1n) is 7.30. The van der Waals surface area contributed by atoms with Gasteiger partial charge in [-0.25, -0.2) is 0 Å². The fraction of sp³-hybridized carbons (Fsp3) is 0.643. The maximum Gasteiger partial charge on any atom is 0.276 e. The molecule has 0 radical (unpaired) electrons. The molecule has 0 N–H and O–H groups in total. The lowest BCUT2D eigenvalue weighted by atomic mass is 10.1. The Morgan fingerprint density at radius 1 is 1.29 bits per heavy atom. The highest BCUT2D eigenvalue weighted by atomic mass is 16.5. The van der Waals surface area contributed by atoms with Crippen LogP contribution < -0.4 is 0 Å². The number of morpholine rings is 1. The smallest absolute Gasteiger partial charge is 0.276 e. The number of hydrogen-bond donors (Lipinski definition) is 0. The highest BCUT2D eigenvalue weighted by Gasteiger charge is 2.18. The zero-order valence-electron chi connectivity index (χ0n) is 12.7. The Morgan fingerprint density at radius 2 is 2.05 bits per heavy atom. The molecule has 1 saturated heterocycles. The molecule has 0 aliphatic carbocycles. The van der Waals surface area contributed by atoms with E-state index in [2.05, 4.69) is 34.0 Å². The van der Waals surface area contributed by atoms with E-state index in [9.17, 15) is 0 Å². The van der Waals surface area contributed by atoms with Crippen molar-refractivity contribution in [1.82, 2.24) is 24.8 Å². The van der Waals surface area contributed by atoms with Crippen molar-refractivity contribution in [2.45, 2.75) is 26.3 Å². The molecule has 0 unspecified atom stereocenters. The van der Waals surface area contributed by atoms with Crippen LogP contribution in [0.15, 0.2) is 10.6 Å². The summed E-state index contributed by atoms with van der Waals surface area (Å²) in [5.74, 6) is 1.61. The van der Waals surface area contributed by atoms with Gasteiger partial charge in [-0.05, 0) is 12.0 Å². The summed E-state index contributed by atoms with van der Waals surface area (Å²) in [5.41, 5.74) is 1.89. The Hall–Kier alpha value is -1.73. The van der Waals surface area contributed by atoms with Gasteiger partial charge in [0.05, 0.1) is 25.5 Å². The minimum atomic E-state index is 0.376. The molecule has 1 aliphatic heterocycles. The van der Waals surface area contributed by atoms with Crippen LogP contribution in [0.25, 0.3) is 11.6 Å². The van der Waals surface area contributed by atoms with Gasteiger partial charge in [-0.2, -0.15) is 10.1 Å². The first-order valence-corrected chi connectivity index (χ1v) is 7.30. The third kappa shape index (κ3) is 3.14. The van der Waals surface area contributed by atoms with E-state index < -0.39 is 0 Å². The lowest BCUT2D eigenvalue weighted by Crippen LogP contribution is -2.35. The molecule has 21 heavy (non-hydrogen) atoms. The van der Waals surface area contributed by atoms with Crippen LogP contribution in [0.1, 0.15) is 31.3 Å². The zero-order valence-corrected chi connectivity index (χ0v) is 12.7. The van der Waals surface area contributed by atoms with E-state index in [1.54, 1.807) is 4.68 Å². The number of aromatic nitrogens is 4. The van der Waals surface area contributed by atoms with E-state index in [0.717, 1.165) is 37.7 Å². The maximum atomic E-state index is 5.39. The van der Waals surface area contributed by atoms with Crippen LogP contribution >= 0.6 is 0 Å². The molecule has 0 bridgehead atoms. The van der Waals surface area contributed by atoms with E-state index in [4.69, 9.17) is 9.26 Å². The quantitative estimate of drug-likeness (QED) is 0.848. The van der Waals surface area contributed by atoms with Gasteiger partial charge < -0.3 is 9.26 Å². The van der Waals surface area contributed by atoms with Crippen molar-refractivity contribution in [2.24, 2.45) is 7.05 Å². The topological polar surface area (TPSA) is 69.2 Å². The molecular formula is C14H21N5O2. The Kier molecular flexibility index (Phi) is 4.03. The number of hydrogen-bond acceptors (Lipinski definition) is 6. The van der Waals surface area contributed by atoms with E-state index in [1.807, 2.05) is 13.1 Å². The van der Waals surface area contributed by atoms with Gasteiger partial charge in [0.15, 0.2) is 5.82 Å². The molecule has 2 aromatic heterocycles. The number of aryl methyl sites for hydroxylation is 1. The van der Waals surface area contributed by atoms with Gasteiger partial charge in [0.1, 0.15) is 5.69 Å². The van der Waals surface area contributed by atoms with Crippen molar-refractivity contribution in [3.05, 3.63) is 17.6 Å². The second-order valence-electron chi connectivity index (χ2n) is 5.64. The molecule has 1 aliphatic rings.